The van der Waals surface area contributed by atoms with Crippen LogP contribution in [0.2, 0.25) is 0 Å². The van der Waals surface area contributed by atoms with E-state index in [1.54, 1.807) is 0 Å². The van der Waals surface area contributed by atoms with E-state index < -0.39 is 0 Å². The van der Waals surface area contributed by atoms with Crippen molar-refractivity contribution >= 4 is 54.6 Å². The van der Waals surface area contributed by atoms with Crippen LogP contribution in [-0.4, -0.2) is 24.3 Å². The van der Waals surface area contributed by atoms with Crippen molar-refractivity contribution in [2.24, 2.45) is 0 Å². The Balaban J connectivity index is 1.31. The Morgan fingerprint density at radius 3 is 1.75 bits per heavy atom. The first-order valence-electron chi connectivity index (χ1n) is 17.5. The lowest BCUT2D eigenvalue weighted by atomic mass is 9.82. The van der Waals surface area contributed by atoms with Crippen LogP contribution in [0.3, 0.4) is 0 Å². The molecular formula is C46H31N5. The van der Waals surface area contributed by atoms with Gasteiger partial charge in [0, 0.05) is 43.9 Å². The van der Waals surface area contributed by atoms with Crippen LogP contribution in [0.5, 0.6) is 0 Å². The molecule has 0 bridgehead atoms. The molecule has 0 spiro atoms. The Kier molecular flexibility index (Phi) is 5.66. The molecule has 240 valence electrons. The van der Waals surface area contributed by atoms with E-state index in [1.165, 1.54) is 22.3 Å². The molecule has 0 amide bonds. The van der Waals surface area contributed by atoms with Crippen molar-refractivity contribution in [3.05, 3.63) is 163 Å². The first kappa shape index (κ1) is 28.3. The molecule has 1 aliphatic carbocycles. The summed E-state index contributed by atoms with van der Waals surface area (Å²) in [5, 5.41) is 14.6. The number of hydrogen-bond acceptors (Lipinski definition) is 3. The van der Waals surface area contributed by atoms with Crippen LogP contribution >= 0.6 is 0 Å². The molecule has 11 rings (SSSR count). The molecule has 0 atom stereocenters. The SMILES string of the molecule is CC1(C)c2ccccc2-c2ccc(-c3nnc4c(n3)c3c5ccccc5n(-c5ccccc5)c3c3c5ccccc5n(-c5ccccc5)c43)cc21. The zero-order valence-corrected chi connectivity index (χ0v) is 28.2. The molecule has 0 aliphatic heterocycles. The van der Waals surface area contributed by atoms with Gasteiger partial charge >= 0.3 is 0 Å². The average Bonchev–Trinajstić information content (AvgIpc) is 3.79. The summed E-state index contributed by atoms with van der Waals surface area (Å²) in [5.74, 6) is 0.622. The van der Waals surface area contributed by atoms with Gasteiger partial charge in [-0.2, -0.15) is 0 Å². The van der Waals surface area contributed by atoms with Crippen molar-refractivity contribution in [3.8, 4) is 33.9 Å². The number of rotatable bonds is 3. The molecule has 3 aromatic heterocycles. The molecule has 10 aromatic rings. The van der Waals surface area contributed by atoms with Crippen molar-refractivity contribution in [2.45, 2.75) is 19.3 Å². The second-order valence-corrected chi connectivity index (χ2v) is 14.1. The average molecular weight is 654 g/mol. The molecule has 51 heavy (non-hydrogen) atoms. The molecular weight excluding hydrogens is 623 g/mol. The Bertz CT molecular complexity index is 3040. The Hall–Kier alpha value is -6.59. The third-order valence-electron chi connectivity index (χ3n) is 11.0. The standard InChI is InChI=1S/C46H31N5/c1-46(2)35-22-12-9-19-31(35)32-26-25-28(27-36(32)46)45-47-41-39-33-20-10-13-23-37(33)50(29-15-5-3-6-16-29)43(39)40-34-21-11-14-24-38(34)51(30-17-7-4-8-18-30)44(40)42(41)48-49-45/h3-27H,1-2H3. The fourth-order valence-electron chi connectivity index (χ4n) is 8.74. The van der Waals surface area contributed by atoms with Crippen molar-refractivity contribution in [2.75, 3.05) is 0 Å². The quantitative estimate of drug-likeness (QED) is 0.191. The number of nitrogens with zero attached hydrogens (tertiary/aromatic N) is 5. The normalized spacial score (nSPS) is 13.5. The van der Waals surface area contributed by atoms with Crippen LogP contribution < -0.4 is 0 Å². The number of para-hydroxylation sites is 4. The van der Waals surface area contributed by atoms with Crippen LogP contribution in [0.4, 0.5) is 0 Å². The van der Waals surface area contributed by atoms with Gasteiger partial charge in [-0.1, -0.05) is 123 Å². The lowest BCUT2D eigenvalue weighted by Crippen LogP contribution is -2.15. The van der Waals surface area contributed by atoms with Gasteiger partial charge in [-0.05, 0) is 64.7 Å². The summed E-state index contributed by atoms with van der Waals surface area (Å²) in [4.78, 5) is 5.51. The Labute approximate surface area is 294 Å². The molecule has 5 nitrogen and oxygen atoms in total. The summed E-state index contributed by atoms with van der Waals surface area (Å²) >= 11 is 0. The highest BCUT2D eigenvalue weighted by Crippen LogP contribution is 2.50. The minimum absolute atomic E-state index is 0.134. The van der Waals surface area contributed by atoms with Gasteiger partial charge in [0.2, 0.25) is 0 Å². The second kappa shape index (κ2) is 10.2. The molecule has 3 heterocycles. The second-order valence-electron chi connectivity index (χ2n) is 14.1. The third-order valence-corrected chi connectivity index (χ3v) is 11.0. The van der Waals surface area contributed by atoms with Crippen LogP contribution in [0.1, 0.15) is 25.0 Å². The minimum atomic E-state index is -0.134. The Morgan fingerprint density at radius 1 is 0.471 bits per heavy atom. The van der Waals surface area contributed by atoms with Gasteiger partial charge in [0.15, 0.2) is 5.82 Å². The molecule has 7 aromatic carbocycles. The first-order chi connectivity index (χ1) is 25.1. The summed E-state index contributed by atoms with van der Waals surface area (Å²) in [7, 11) is 0. The zero-order chi connectivity index (χ0) is 33.8. The van der Waals surface area contributed by atoms with E-state index in [0.29, 0.717) is 5.82 Å². The molecule has 0 radical (unpaired) electrons. The summed E-state index contributed by atoms with van der Waals surface area (Å²) in [6, 6.07) is 54.0. The summed E-state index contributed by atoms with van der Waals surface area (Å²) < 4.78 is 4.75. The van der Waals surface area contributed by atoms with Crippen molar-refractivity contribution in [3.63, 3.8) is 0 Å². The monoisotopic (exact) mass is 653 g/mol. The van der Waals surface area contributed by atoms with E-state index in [9.17, 15) is 0 Å². The van der Waals surface area contributed by atoms with Gasteiger partial charge in [-0.15, -0.1) is 10.2 Å². The highest BCUT2D eigenvalue weighted by atomic mass is 15.2. The highest BCUT2D eigenvalue weighted by molar-refractivity contribution is 6.35. The summed E-state index contributed by atoms with van der Waals surface area (Å²) in [6.45, 7) is 4.62. The van der Waals surface area contributed by atoms with E-state index >= 15 is 0 Å². The van der Waals surface area contributed by atoms with Gasteiger partial charge in [0.05, 0.1) is 22.1 Å². The molecule has 0 saturated carbocycles. The van der Waals surface area contributed by atoms with Gasteiger partial charge < -0.3 is 9.13 Å². The maximum Gasteiger partial charge on any atom is 0.182 e. The van der Waals surface area contributed by atoms with Gasteiger partial charge in [0.1, 0.15) is 11.0 Å². The van der Waals surface area contributed by atoms with E-state index in [-0.39, 0.29) is 5.41 Å². The largest absolute Gasteiger partial charge is 0.308 e. The van der Waals surface area contributed by atoms with Crippen molar-refractivity contribution < 1.29 is 0 Å². The van der Waals surface area contributed by atoms with E-state index in [1.807, 2.05) is 0 Å². The maximum absolute atomic E-state index is 5.51. The smallest absolute Gasteiger partial charge is 0.182 e. The van der Waals surface area contributed by atoms with Crippen molar-refractivity contribution in [1.82, 2.24) is 24.3 Å². The minimum Gasteiger partial charge on any atom is -0.308 e. The van der Waals surface area contributed by atoms with E-state index in [2.05, 4.69) is 175 Å². The van der Waals surface area contributed by atoms with Crippen LogP contribution in [0.15, 0.2) is 152 Å². The van der Waals surface area contributed by atoms with Gasteiger partial charge in [0.25, 0.3) is 0 Å². The number of benzene rings is 7. The molecule has 1 aliphatic rings. The fourth-order valence-corrected chi connectivity index (χ4v) is 8.74. The van der Waals surface area contributed by atoms with Gasteiger partial charge in [-0.3, -0.25) is 0 Å². The number of hydrogen-bond donors (Lipinski definition) is 0. The summed E-state index contributed by atoms with van der Waals surface area (Å²) in [5.41, 5.74) is 14.2. The number of fused-ring (bicyclic) bond motifs is 13. The van der Waals surface area contributed by atoms with Crippen LogP contribution in [0, 0.1) is 0 Å². The lowest BCUT2D eigenvalue weighted by Gasteiger charge is -2.21. The van der Waals surface area contributed by atoms with Crippen LogP contribution in [-0.2, 0) is 5.41 Å². The first-order valence-corrected chi connectivity index (χ1v) is 17.5. The van der Waals surface area contributed by atoms with E-state index in [4.69, 9.17) is 15.2 Å². The van der Waals surface area contributed by atoms with E-state index in [0.717, 1.165) is 71.6 Å². The predicted octanol–water partition coefficient (Wildman–Crippen LogP) is 11.2. The highest BCUT2D eigenvalue weighted by Gasteiger charge is 2.35. The molecule has 5 heteroatoms. The Morgan fingerprint density at radius 2 is 1.04 bits per heavy atom. The lowest BCUT2D eigenvalue weighted by molar-refractivity contribution is 0.660. The predicted molar refractivity (Wildman–Crippen MR) is 209 cm³/mol. The third kappa shape index (κ3) is 3.78. The maximum atomic E-state index is 5.51. The number of aromatic nitrogens is 5. The van der Waals surface area contributed by atoms with Gasteiger partial charge in [-0.25, -0.2) is 4.98 Å². The molecule has 0 saturated heterocycles. The topological polar surface area (TPSA) is 48.5 Å². The molecule has 0 fully saturated rings. The summed E-state index contributed by atoms with van der Waals surface area (Å²) in [6.07, 6.45) is 0. The zero-order valence-electron chi connectivity index (χ0n) is 28.2. The van der Waals surface area contributed by atoms with Crippen LogP contribution in [0.25, 0.3) is 88.5 Å². The fraction of sp³-hybridized carbons (Fsp3) is 0.0652. The van der Waals surface area contributed by atoms with Crippen molar-refractivity contribution in [1.29, 1.82) is 0 Å². The molecule has 0 N–H and O–H groups in total. The molecule has 0 unspecified atom stereocenters.